The van der Waals surface area contributed by atoms with Gasteiger partial charge in [-0.3, -0.25) is 9.59 Å². The summed E-state index contributed by atoms with van der Waals surface area (Å²) in [4.78, 5) is 34.9. The van der Waals surface area contributed by atoms with Gasteiger partial charge in [-0.25, -0.2) is 9.36 Å². The monoisotopic (exact) mass is 254 g/mol. The molecule has 0 atom stereocenters. The number of carbonyl (C=O) groups excluding carboxylic acids is 1. The predicted molar refractivity (Wildman–Crippen MR) is 68.2 cm³/mol. The fourth-order valence-corrected chi connectivity index (χ4v) is 1.41. The van der Waals surface area contributed by atoms with Gasteiger partial charge in [0, 0.05) is 19.8 Å². The molecule has 100 valence electrons. The number of amides is 1. The van der Waals surface area contributed by atoms with Crippen molar-refractivity contribution in [3.8, 4) is 0 Å². The Hall–Kier alpha value is -2.05. The molecule has 1 heterocycles. The molecular weight excluding hydrogens is 236 g/mol. The van der Waals surface area contributed by atoms with Crippen LogP contribution in [0, 0.1) is 5.92 Å². The molecule has 0 aliphatic heterocycles. The van der Waals surface area contributed by atoms with Crippen LogP contribution < -0.4 is 22.3 Å². The topological polar surface area (TPSA) is 99.1 Å². The van der Waals surface area contributed by atoms with Crippen molar-refractivity contribution in [3.63, 3.8) is 0 Å². The van der Waals surface area contributed by atoms with Crippen LogP contribution in [-0.4, -0.2) is 21.6 Å². The predicted octanol–water partition coefficient (Wildman–Crippen LogP) is -1.10. The SMILES string of the molecule is CC(C)CNC(=O)Cn1c(=O)c(N)cn(C)c1=O. The minimum absolute atomic E-state index is 0.0613. The first-order valence-electron chi connectivity index (χ1n) is 5.65. The van der Waals surface area contributed by atoms with Crippen molar-refractivity contribution in [1.82, 2.24) is 14.5 Å². The largest absolute Gasteiger partial charge is 0.393 e. The van der Waals surface area contributed by atoms with E-state index in [1.165, 1.54) is 17.8 Å². The third-order valence-corrected chi connectivity index (χ3v) is 2.37. The molecule has 0 aromatic carbocycles. The summed E-state index contributed by atoms with van der Waals surface area (Å²) in [7, 11) is 1.47. The number of carbonyl (C=O) groups is 1. The van der Waals surface area contributed by atoms with Crippen molar-refractivity contribution in [2.45, 2.75) is 20.4 Å². The summed E-state index contributed by atoms with van der Waals surface area (Å²) < 4.78 is 2.00. The minimum atomic E-state index is -0.641. The zero-order chi connectivity index (χ0) is 13.9. The van der Waals surface area contributed by atoms with Crippen LogP contribution in [0.5, 0.6) is 0 Å². The van der Waals surface area contributed by atoms with Crippen molar-refractivity contribution in [1.29, 1.82) is 0 Å². The Morgan fingerprint density at radius 1 is 1.44 bits per heavy atom. The third-order valence-electron chi connectivity index (χ3n) is 2.37. The molecule has 3 N–H and O–H groups in total. The summed E-state index contributed by atoms with van der Waals surface area (Å²) in [6.45, 7) is 4.08. The first kappa shape index (κ1) is 14.0. The highest BCUT2D eigenvalue weighted by atomic mass is 16.2. The summed E-state index contributed by atoms with van der Waals surface area (Å²) in [5.74, 6) is -0.0807. The summed E-state index contributed by atoms with van der Waals surface area (Å²) >= 11 is 0. The van der Waals surface area contributed by atoms with Crippen LogP contribution in [0.3, 0.4) is 0 Å². The maximum Gasteiger partial charge on any atom is 0.331 e. The van der Waals surface area contributed by atoms with Crippen molar-refractivity contribution in [3.05, 3.63) is 27.0 Å². The average Bonchev–Trinajstić information content (AvgIpc) is 2.29. The van der Waals surface area contributed by atoms with Crippen LogP contribution in [0.2, 0.25) is 0 Å². The lowest BCUT2D eigenvalue weighted by molar-refractivity contribution is -0.121. The number of nitrogens with two attached hydrogens (primary N) is 1. The molecule has 1 amide bonds. The van der Waals surface area contributed by atoms with Gasteiger partial charge in [0.15, 0.2) is 0 Å². The quantitative estimate of drug-likeness (QED) is 0.712. The van der Waals surface area contributed by atoms with Gasteiger partial charge in [-0.1, -0.05) is 13.8 Å². The molecule has 1 aromatic heterocycles. The molecule has 7 heteroatoms. The normalized spacial score (nSPS) is 10.7. The highest BCUT2D eigenvalue weighted by Gasteiger charge is 2.11. The van der Waals surface area contributed by atoms with Gasteiger partial charge < -0.3 is 15.6 Å². The van der Waals surface area contributed by atoms with Crippen LogP contribution >= 0.6 is 0 Å². The molecule has 0 saturated carbocycles. The molecule has 0 fully saturated rings. The van der Waals surface area contributed by atoms with Gasteiger partial charge in [0.05, 0.1) is 0 Å². The fourth-order valence-electron chi connectivity index (χ4n) is 1.41. The zero-order valence-electron chi connectivity index (χ0n) is 10.8. The van der Waals surface area contributed by atoms with Crippen LogP contribution in [0.1, 0.15) is 13.8 Å². The minimum Gasteiger partial charge on any atom is -0.393 e. The summed E-state index contributed by atoms with van der Waals surface area (Å²) in [6.07, 6.45) is 1.24. The third kappa shape index (κ3) is 3.22. The Balaban J connectivity index is 2.95. The van der Waals surface area contributed by atoms with Crippen LogP contribution in [0.15, 0.2) is 15.8 Å². The van der Waals surface area contributed by atoms with Crippen LogP contribution in [0.25, 0.3) is 0 Å². The highest BCUT2D eigenvalue weighted by Crippen LogP contribution is 1.89. The zero-order valence-corrected chi connectivity index (χ0v) is 10.8. The molecule has 1 rings (SSSR count). The number of nitrogens with zero attached hydrogens (tertiary/aromatic N) is 2. The van der Waals surface area contributed by atoms with Gasteiger partial charge in [-0.15, -0.1) is 0 Å². The second-order valence-corrected chi connectivity index (χ2v) is 4.57. The van der Waals surface area contributed by atoms with E-state index in [1.807, 2.05) is 13.8 Å². The molecular formula is C11H18N4O3. The molecule has 0 aliphatic carbocycles. The van der Waals surface area contributed by atoms with Gasteiger partial charge in [-0.05, 0) is 5.92 Å². The molecule has 0 unspecified atom stereocenters. The van der Waals surface area contributed by atoms with Gasteiger partial charge >= 0.3 is 5.69 Å². The molecule has 1 aromatic rings. The van der Waals surface area contributed by atoms with E-state index in [0.717, 1.165) is 4.57 Å². The molecule has 0 saturated heterocycles. The van der Waals surface area contributed by atoms with Crippen LogP contribution in [-0.2, 0) is 18.4 Å². The number of nitrogens with one attached hydrogen (secondary N) is 1. The standard InChI is InChI=1S/C11H18N4O3/c1-7(2)4-13-9(16)6-15-10(17)8(12)5-14(3)11(15)18/h5,7H,4,6,12H2,1-3H3,(H,13,16). The smallest absolute Gasteiger partial charge is 0.331 e. The van der Waals surface area contributed by atoms with E-state index < -0.39 is 11.2 Å². The van der Waals surface area contributed by atoms with Crippen molar-refractivity contribution in [2.24, 2.45) is 13.0 Å². The van der Waals surface area contributed by atoms with E-state index in [9.17, 15) is 14.4 Å². The Labute approximate surface area is 104 Å². The van der Waals surface area contributed by atoms with E-state index in [4.69, 9.17) is 5.73 Å². The number of hydrogen-bond donors (Lipinski definition) is 2. The summed E-state index contributed by atoms with van der Waals surface area (Å²) in [5, 5.41) is 2.64. The Kier molecular flexibility index (Phi) is 4.30. The number of hydrogen-bond acceptors (Lipinski definition) is 4. The summed E-state index contributed by atoms with van der Waals surface area (Å²) in [6, 6.07) is 0. The Morgan fingerprint density at radius 3 is 2.61 bits per heavy atom. The second kappa shape index (κ2) is 5.52. The van der Waals surface area contributed by atoms with Gasteiger partial charge in [-0.2, -0.15) is 0 Å². The van der Waals surface area contributed by atoms with E-state index in [-0.39, 0.29) is 18.1 Å². The fraction of sp³-hybridized carbons (Fsp3) is 0.545. The van der Waals surface area contributed by atoms with Crippen molar-refractivity contribution < 1.29 is 4.79 Å². The molecule has 0 radical (unpaired) electrons. The molecule has 18 heavy (non-hydrogen) atoms. The number of aromatic nitrogens is 2. The second-order valence-electron chi connectivity index (χ2n) is 4.57. The lowest BCUT2D eigenvalue weighted by atomic mass is 10.2. The van der Waals surface area contributed by atoms with Gasteiger partial charge in [0.25, 0.3) is 5.56 Å². The highest BCUT2D eigenvalue weighted by molar-refractivity contribution is 5.75. The molecule has 7 nitrogen and oxygen atoms in total. The van der Waals surface area contributed by atoms with Crippen molar-refractivity contribution in [2.75, 3.05) is 12.3 Å². The molecule has 0 spiro atoms. The first-order chi connectivity index (χ1) is 8.32. The maximum atomic E-state index is 11.7. The van der Waals surface area contributed by atoms with E-state index >= 15 is 0 Å². The lowest BCUT2D eigenvalue weighted by Crippen LogP contribution is -2.44. The lowest BCUT2D eigenvalue weighted by Gasteiger charge is -2.10. The molecule has 0 aliphatic rings. The number of anilines is 1. The van der Waals surface area contributed by atoms with E-state index in [1.54, 1.807) is 0 Å². The number of nitrogen functional groups attached to an aromatic ring is 1. The van der Waals surface area contributed by atoms with Crippen molar-refractivity contribution >= 4 is 11.6 Å². The van der Waals surface area contributed by atoms with Gasteiger partial charge in [0.1, 0.15) is 12.2 Å². The maximum absolute atomic E-state index is 11.7. The van der Waals surface area contributed by atoms with Crippen LogP contribution in [0.4, 0.5) is 5.69 Å². The number of aryl methyl sites for hydroxylation is 1. The Morgan fingerprint density at radius 2 is 2.06 bits per heavy atom. The number of rotatable bonds is 4. The van der Waals surface area contributed by atoms with Gasteiger partial charge in [0.2, 0.25) is 5.91 Å². The van der Waals surface area contributed by atoms with E-state index in [2.05, 4.69) is 5.32 Å². The van der Waals surface area contributed by atoms with E-state index in [0.29, 0.717) is 12.5 Å². The Bertz CT molecular complexity index is 522. The average molecular weight is 254 g/mol. The summed E-state index contributed by atoms with van der Waals surface area (Å²) in [5.41, 5.74) is 4.20. The first-order valence-corrected chi connectivity index (χ1v) is 5.65. The molecule has 0 bridgehead atoms.